The SMILES string of the molecule is CCCOc1cc(C)c(NC)c(C)c1C. The Morgan fingerprint density at radius 1 is 1.20 bits per heavy atom. The third-order valence-corrected chi connectivity index (χ3v) is 2.76. The Kier molecular flexibility index (Phi) is 4.01. The van der Waals surface area contributed by atoms with Crippen molar-refractivity contribution in [2.24, 2.45) is 0 Å². The largest absolute Gasteiger partial charge is 0.493 e. The van der Waals surface area contributed by atoms with Crippen LogP contribution in [0.4, 0.5) is 5.69 Å². The summed E-state index contributed by atoms with van der Waals surface area (Å²) in [6.45, 7) is 9.26. The summed E-state index contributed by atoms with van der Waals surface area (Å²) in [5.41, 5.74) is 4.98. The molecule has 0 aromatic heterocycles. The van der Waals surface area contributed by atoms with Crippen LogP contribution in [0.1, 0.15) is 30.0 Å². The van der Waals surface area contributed by atoms with Crippen LogP contribution in [0.3, 0.4) is 0 Å². The Balaban J connectivity index is 3.10. The van der Waals surface area contributed by atoms with Crippen LogP contribution in [-0.2, 0) is 0 Å². The van der Waals surface area contributed by atoms with E-state index < -0.39 is 0 Å². The molecule has 0 saturated carbocycles. The molecule has 2 heteroatoms. The van der Waals surface area contributed by atoms with Gasteiger partial charge in [0.05, 0.1) is 6.61 Å². The topological polar surface area (TPSA) is 21.3 Å². The van der Waals surface area contributed by atoms with E-state index in [1.165, 1.54) is 22.4 Å². The van der Waals surface area contributed by atoms with Crippen molar-refractivity contribution in [2.45, 2.75) is 34.1 Å². The molecule has 0 saturated heterocycles. The molecular formula is C13H21NO. The molecular weight excluding hydrogens is 186 g/mol. The van der Waals surface area contributed by atoms with Crippen LogP contribution < -0.4 is 10.1 Å². The number of anilines is 1. The van der Waals surface area contributed by atoms with Crippen molar-refractivity contribution in [3.8, 4) is 5.75 Å². The molecule has 0 unspecified atom stereocenters. The van der Waals surface area contributed by atoms with Gasteiger partial charge in [-0.25, -0.2) is 0 Å². The van der Waals surface area contributed by atoms with Gasteiger partial charge in [0.2, 0.25) is 0 Å². The van der Waals surface area contributed by atoms with Crippen LogP contribution in [0.25, 0.3) is 0 Å². The number of aryl methyl sites for hydroxylation is 1. The lowest BCUT2D eigenvalue weighted by Gasteiger charge is -2.16. The highest BCUT2D eigenvalue weighted by atomic mass is 16.5. The number of hydrogen-bond acceptors (Lipinski definition) is 2. The molecule has 0 bridgehead atoms. The second kappa shape index (κ2) is 5.06. The average molecular weight is 207 g/mol. The van der Waals surface area contributed by atoms with E-state index in [4.69, 9.17) is 4.74 Å². The quantitative estimate of drug-likeness (QED) is 0.816. The van der Waals surface area contributed by atoms with Gasteiger partial charge in [-0.3, -0.25) is 0 Å². The zero-order chi connectivity index (χ0) is 11.4. The Labute approximate surface area is 92.6 Å². The van der Waals surface area contributed by atoms with Gasteiger partial charge in [-0.1, -0.05) is 6.92 Å². The fourth-order valence-electron chi connectivity index (χ4n) is 1.79. The molecule has 1 rings (SSSR count). The van der Waals surface area contributed by atoms with Crippen LogP contribution >= 0.6 is 0 Å². The Hall–Kier alpha value is -1.18. The highest BCUT2D eigenvalue weighted by Crippen LogP contribution is 2.30. The lowest BCUT2D eigenvalue weighted by Crippen LogP contribution is -2.02. The van der Waals surface area contributed by atoms with Gasteiger partial charge < -0.3 is 10.1 Å². The second-order valence-corrected chi connectivity index (χ2v) is 3.92. The molecule has 0 fully saturated rings. The summed E-state index contributed by atoms with van der Waals surface area (Å²) in [5, 5.41) is 3.23. The molecule has 15 heavy (non-hydrogen) atoms. The highest BCUT2D eigenvalue weighted by Gasteiger charge is 2.09. The van der Waals surface area contributed by atoms with Crippen molar-refractivity contribution < 1.29 is 4.74 Å². The smallest absolute Gasteiger partial charge is 0.122 e. The minimum absolute atomic E-state index is 0.790. The van der Waals surface area contributed by atoms with Crippen molar-refractivity contribution in [1.29, 1.82) is 0 Å². The fraction of sp³-hybridized carbons (Fsp3) is 0.538. The molecule has 0 radical (unpaired) electrons. The van der Waals surface area contributed by atoms with Gasteiger partial charge in [0.15, 0.2) is 0 Å². The monoisotopic (exact) mass is 207 g/mol. The summed E-state index contributed by atoms with van der Waals surface area (Å²) >= 11 is 0. The molecule has 0 amide bonds. The molecule has 2 nitrogen and oxygen atoms in total. The molecule has 0 aliphatic rings. The zero-order valence-corrected chi connectivity index (χ0v) is 10.4. The van der Waals surface area contributed by atoms with Gasteiger partial charge in [-0.2, -0.15) is 0 Å². The van der Waals surface area contributed by atoms with Gasteiger partial charge in [0.25, 0.3) is 0 Å². The molecule has 1 N–H and O–H groups in total. The van der Waals surface area contributed by atoms with E-state index in [0.29, 0.717) is 0 Å². The predicted molar refractivity (Wildman–Crippen MR) is 66.0 cm³/mol. The van der Waals surface area contributed by atoms with Crippen molar-refractivity contribution in [3.63, 3.8) is 0 Å². The van der Waals surface area contributed by atoms with Crippen LogP contribution in [0.2, 0.25) is 0 Å². The van der Waals surface area contributed by atoms with Gasteiger partial charge in [-0.15, -0.1) is 0 Å². The van der Waals surface area contributed by atoms with Crippen LogP contribution in [-0.4, -0.2) is 13.7 Å². The summed E-state index contributed by atoms with van der Waals surface area (Å²) in [7, 11) is 1.96. The average Bonchev–Trinajstić information content (AvgIpc) is 2.22. The lowest BCUT2D eigenvalue weighted by molar-refractivity contribution is 0.315. The first-order chi connectivity index (χ1) is 7.11. The summed E-state index contributed by atoms with van der Waals surface area (Å²) in [5.74, 6) is 1.02. The molecule has 1 aromatic rings. The minimum Gasteiger partial charge on any atom is -0.493 e. The minimum atomic E-state index is 0.790. The molecule has 0 aliphatic heterocycles. The Morgan fingerprint density at radius 2 is 1.87 bits per heavy atom. The van der Waals surface area contributed by atoms with E-state index in [0.717, 1.165) is 18.8 Å². The number of rotatable bonds is 4. The van der Waals surface area contributed by atoms with Gasteiger partial charge in [0.1, 0.15) is 5.75 Å². The fourth-order valence-corrected chi connectivity index (χ4v) is 1.79. The molecule has 0 spiro atoms. The van der Waals surface area contributed by atoms with Crippen molar-refractivity contribution in [3.05, 3.63) is 22.8 Å². The summed E-state index contributed by atoms with van der Waals surface area (Å²) in [4.78, 5) is 0. The summed E-state index contributed by atoms with van der Waals surface area (Å²) in [6, 6.07) is 2.11. The van der Waals surface area contributed by atoms with Crippen LogP contribution in [0, 0.1) is 20.8 Å². The lowest BCUT2D eigenvalue weighted by atomic mass is 10.0. The van der Waals surface area contributed by atoms with E-state index in [-0.39, 0.29) is 0 Å². The molecule has 0 heterocycles. The van der Waals surface area contributed by atoms with E-state index in [1.807, 2.05) is 7.05 Å². The van der Waals surface area contributed by atoms with E-state index in [2.05, 4.69) is 39.1 Å². The molecule has 0 aliphatic carbocycles. The highest BCUT2D eigenvalue weighted by molar-refractivity contribution is 5.63. The van der Waals surface area contributed by atoms with E-state index >= 15 is 0 Å². The maximum absolute atomic E-state index is 5.72. The first-order valence-corrected chi connectivity index (χ1v) is 5.53. The van der Waals surface area contributed by atoms with Gasteiger partial charge in [0, 0.05) is 12.7 Å². The van der Waals surface area contributed by atoms with Crippen molar-refractivity contribution in [2.75, 3.05) is 19.0 Å². The maximum atomic E-state index is 5.72. The molecule has 1 aromatic carbocycles. The van der Waals surface area contributed by atoms with E-state index in [9.17, 15) is 0 Å². The molecule has 84 valence electrons. The third kappa shape index (κ3) is 2.44. The number of hydrogen-bond donors (Lipinski definition) is 1. The first-order valence-electron chi connectivity index (χ1n) is 5.53. The number of ether oxygens (including phenoxy) is 1. The normalized spacial score (nSPS) is 10.2. The standard InChI is InChI=1S/C13H21NO/c1-6-7-15-12-8-9(2)13(14-5)11(4)10(12)3/h8,14H,6-7H2,1-5H3. The summed E-state index contributed by atoms with van der Waals surface area (Å²) in [6.07, 6.45) is 1.05. The van der Waals surface area contributed by atoms with Gasteiger partial charge in [-0.05, 0) is 49.9 Å². The van der Waals surface area contributed by atoms with E-state index in [1.54, 1.807) is 0 Å². The van der Waals surface area contributed by atoms with Crippen molar-refractivity contribution >= 4 is 5.69 Å². The second-order valence-electron chi connectivity index (χ2n) is 3.92. The first kappa shape index (κ1) is 11.9. The number of nitrogens with one attached hydrogen (secondary N) is 1. The van der Waals surface area contributed by atoms with Crippen LogP contribution in [0.15, 0.2) is 6.07 Å². The maximum Gasteiger partial charge on any atom is 0.122 e. The third-order valence-electron chi connectivity index (χ3n) is 2.76. The van der Waals surface area contributed by atoms with Gasteiger partial charge >= 0.3 is 0 Å². The summed E-state index contributed by atoms with van der Waals surface area (Å²) < 4.78 is 5.72. The van der Waals surface area contributed by atoms with Crippen molar-refractivity contribution in [1.82, 2.24) is 0 Å². The molecule has 0 atom stereocenters. The Morgan fingerprint density at radius 3 is 2.40 bits per heavy atom. The number of benzene rings is 1. The van der Waals surface area contributed by atoms with Crippen LogP contribution in [0.5, 0.6) is 5.75 Å². The zero-order valence-electron chi connectivity index (χ0n) is 10.4. The predicted octanol–water partition coefficient (Wildman–Crippen LogP) is 3.44. The Bertz CT molecular complexity index is 345.